The van der Waals surface area contributed by atoms with Gasteiger partial charge >= 0.3 is 0 Å². The highest BCUT2D eigenvalue weighted by Gasteiger charge is 2.15. The maximum atomic E-state index is 13.7. The van der Waals surface area contributed by atoms with Crippen LogP contribution >= 0.6 is 15.9 Å². The number of rotatable bonds is 3. The molecule has 0 aliphatic carbocycles. The van der Waals surface area contributed by atoms with Crippen molar-refractivity contribution in [2.24, 2.45) is 0 Å². The third-order valence-electron chi connectivity index (χ3n) is 3.47. The van der Waals surface area contributed by atoms with Crippen LogP contribution in [0.25, 0.3) is 0 Å². The van der Waals surface area contributed by atoms with Crippen LogP contribution in [0.2, 0.25) is 0 Å². The van der Waals surface area contributed by atoms with Gasteiger partial charge in [0.05, 0.1) is 11.9 Å². The van der Waals surface area contributed by atoms with E-state index in [9.17, 15) is 4.39 Å². The summed E-state index contributed by atoms with van der Waals surface area (Å²) in [6.45, 7) is 5.81. The second-order valence-corrected chi connectivity index (χ2v) is 5.97. The molecular weight excluding hydrogens is 319 g/mol. The molecule has 0 amide bonds. The zero-order valence-electron chi connectivity index (χ0n) is 12.1. The fourth-order valence-corrected chi connectivity index (χ4v) is 2.96. The van der Waals surface area contributed by atoms with Gasteiger partial charge in [0.1, 0.15) is 11.6 Å². The van der Waals surface area contributed by atoms with E-state index in [0.29, 0.717) is 5.56 Å². The largest absolute Gasteiger partial charge is 0.496 e. The molecule has 3 heteroatoms. The lowest BCUT2D eigenvalue weighted by molar-refractivity contribution is 0.408. The first-order chi connectivity index (χ1) is 9.43. The summed E-state index contributed by atoms with van der Waals surface area (Å²) in [4.78, 5) is -0.0269. The summed E-state index contributed by atoms with van der Waals surface area (Å²) in [5, 5.41) is 0. The average Bonchev–Trinajstić information content (AvgIpc) is 2.40. The molecular formula is C17H18BrFO. The topological polar surface area (TPSA) is 9.23 Å². The molecule has 0 N–H and O–H groups in total. The Morgan fingerprint density at radius 3 is 2.05 bits per heavy atom. The average molecular weight is 337 g/mol. The van der Waals surface area contributed by atoms with Crippen LogP contribution < -0.4 is 4.74 Å². The first-order valence-electron chi connectivity index (χ1n) is 6.49. The highest BCUT2D eigenvalue weighted by atomic mass is 79.9. The van der Waals surface area contributed by atoms with Gasteiger partial charge in [0.15, 0.2) is 0 Å². The van der Waals surface area contributed by atoms with E-state index in [1.54, 1.807) is 20.1 Å². The lowest BCUT2D eigenvalue weighted by Gasteiger charge is -2.16. The zero-order chi connectivity index (χ0) is 14.9. The van der Waals surface area contributed by atoms with Gasteiger partial charge in [0.25, 0.3) is 0 Å². The van der Waals surface area contributed by atoms with Crippen molar-refractivity contribution in [2.75, 3.05) is 7.11 Å². The van der Waals surface area contributed by atoms with Crippen molar-refractivity contribution >= 4 is 15.9 Å². The number of methoxy groups -OCH3 is 1. The Morgan fingerprint density at radius 2 is 1.55 bits per heavy atom. The molecule has 2 aromatic rings. The summed E-state index contributed by atoms with van der Waals surface area (Å²) in [5.41, 5.74) is 4.84. The predicted molar refractivity (Wildman–Crippen MR) is 84.4 cm³/mol. The fourth-order valence-electron chi connectivity index (χ4n) is 2.41. The number of hydrogen-bond acceptors (Lipinski definition) is 1. The van der Waals surface area contributed by atoms with Crippen molar-refractivity contribution in [1.29, 1.82) is 0 Å². The van der Waals surface area contributed by atoms with Gasteiger partial charge in [-0.25, -0.2) is 4.39 Å². The van der Waals surface area contributed by atoms with Gasteiger partial charge in [-0.05, 0) is 54.7 Å². The highest BCUT2D eigenvalue weighted by molar-refractivity contribution is 9.09. The molecule has 0 bridgehead atoms. The second-order valence-electron chi connectivity index (χ2n) is 5.06. The van der Waals surface area contributed by atoms with E-state index in [-0.39, 0.29) is 10.6 Å². The summed E-state index contributed by atoms with van der Waals surface area (Å²) < 4.78 is 19.1. The molecule has 2 rings (SSSR count). The highest BCUT2D eigenvalue weighted by Crippen LogP contribution is 2.35. The predicted octanol–water partition coefficient (Wildman–Crippen LogP) is 5.24. The lowest BCUT2D eigenvalue weighted by atomic mass is 9.99. The molecule has 0 saturated carbocycles. The minimum Gasteiger partial charge on any atom is -0.496 e. The van der Waals surface area contributed by atoms with Crippen molar-refractivity contribution in [2.45, 2.75) is 25.6 Å². The van der Waals surface area contributed by atoms with Crippen molar-refractivity contribution in [3.05, 3.63) is 64.0 Å². The SMILES string of the molecule is COc1c(C)cc(C(Br)c2ccc(C)c(F)c2)cc1C. The summed E-state index contributed by atoms with van der Waals surface area (Å²) in [6.07, 6.45) is 0. The van der Waals surface area contributed by atoms with Gasteiger partial charge < -0.3 is 4.74 Å². The van der Waals surface area contributed by atoms with Crippen molar-refractivity contribution in [3.8, 4) is 5.75 Å². The number of alkyl halides is 1. The minimum absolute atomic E-state index is 0.0269. The van der Waals surface area contributed by atoms with E-state index in [2.05, 4.69) is 28.1 Å². The molecule has 0 heterocycles. The maximum Gasteiger partial charge on any atom is 0.126 e. The zero-order valence-corrected chi connectivity index (χ0v) is 13.7. The van der Waals surface area contributed by atoms with E-state index in [0.717, 1.165) is 28.0 Å². The Bertz CT molecular complexity index is 614. The summed E-state index contributed by atoms with van der Waals surface area (Å²) in [7, 11) is 1.68. The number of benzene rings is 2. The van der Waals surface area contributed by atoms with Crippen LogP contribution in [0.3, 0.4) is 0 Å². The molecule has 20 heavy (non-hydrogen) atoms. The Balaban J connectivity index is 2.42. The Kier molecular flexibility index (Phi) is 4.48. The van der Waals surface area contributed by atoms with Crippen molar-refractivity contribution in [1.82, 2.24) is 0 Å². The van der Waals surface area contributed by atoms with Crippen molar-refractivity contribution in [3.63, 3.8) is 0 Å². The van der Waals surface area contributed by atoms with Crippen LogP contribution in [-0.4, -0.2) is 7.11 Å². The van der Waals surface area contributed by atoms with Crippen LogP contribution in [-0.2, 0) is 0 Å². The molecule has 0 aliphatic heterocycles. The smallest absolute Gasteiger partial charge is 0.126 e. The Morgan fingerprint density at radius 1 is 0.950 bits per heavy atom. The molecule has 2 aromatic carbocycles. The van der Waals surface area contributed by atoms with E-state index in [1.165, 1.54) is 0 Å². The molecule has 0 aliphatic rings. The first-order valence-corrected chi connectivity index (χ1v) is 7.41. The Hall–Kier alpha value is -1.35. The molecule has 1 unspecified atom stereocenters. The molecule has 0 saturated heterocycles. The van der Waals surface area contributed by atoms with Crippen LogP contribution in [0.1, 0.15) is 32.6 Å². The minimum atomic E-state index is -0.172. The third-order valence-corrected chi connectivity index (χ3v) is 4.53. The quantitative estimate of drug-likeness (QED) is 0.696. The van der Waals surface area contributed by atoms with Gasteiger partial charge in [-0.15, -0.1) is 0 Å². The number of ether oxygens (including phenoxy) is 1. The molecule has 0 aromatic heterocycles. The number of hydrogen-bond donors (Lipinski definition) is 0. The molecule has 106 valence electrons. The summed E-state index contributed by atoms with van der Waals surface area (Å²) >= 11 is 3.66. The molecule has 1 nitrogen and oxygen atoms in total. The summed E-state index contributed by atoms with van der Waals surface area (Å²) in [6, 6.07) is 9.49. The van der Waals surface area contributed by atoms with Gasteiger partial charge in [-0.3, -0.25) is 0 Å². The van der Waals surface area contributed by atoms with Crippen LogP contribution in [0, 0.1) is 26.6 Å². The van der Waals surface area contributed by atoms with E-state index in [4.69, 9.17) is 4.74 Å². The number of aryl methyl sites for hydroxylation is 3. The standard InChI is InChI=1S/C17H18BrFO/c1-10-5-6-13(9-15(10)19)16(18)14-7-11(2)17(20-4)12(3)8-14/h5-9,16H,1-4H3. The first kappa shape index (κ1) is 15.0. The van der Waals surface area contributed by atoms with Gasteiger partial charge in [-0.1, -0.05) is 40.2 Å². The van der Waals surface area contributed by atoms with Gasteiger partial charge in [0, 0.05) is 0 Å². The van der Waals surface area contributed by atoms with Gasteiger partial charge in [-0.2, -0.15) is 0 Å². The fraction of sp³-hybridized carbons (Fsp3) is 0.294. The van der Waals surface area contributed by atoms with Crippen molar-refractivity contribution < 1.29 is 9.13 Å². The van der Waals surface area contributed by atoms with Crippen LogP contribution in [0.5, 0.6) is 5.75 Å². The molecule has 0 spiro atoms. The molecule has 0 radical (unpaired) electrons. The maximum absolute atomic E-state index is 13.7. The summed E-state index contributed by atoms with van der Waals surface area (Å²) in [5.74, 6) is 0.734. The lowest BCUT2D eigenvalue weighted by Crippen LogP contribution is -1.98. The normalized spacial score (nSPS) is 12.3. The monoisotopic (exact) mass is 336 g/mol. The van der Waals surface area contributed by atoms with E-state index >= 15 is 0 Å². The van der Waals surface area contributed by atoms with Gasteiger partial charge in [0.2, 0.25) is 0 Å². The van der Waals surface area contributed by atoms with Crippen LogP contribution in [0.15, 0.2) is 30.3 Å². The van der Waals surface area contributed by atoms with E-state index < -0.39 is 0 Å². The second kappa shape index (κ2) is 5.96. The van der Waals surface area contributed by atoms with E-state index in [1.807, 2.05) is 26.0 Å². The third kappa shape index (κ3) is 2.88. The molecule has 1 atom stereocenters. The van der Waals surface area contributed by atoms with Crippen LogP contribution in [0.4, 0.5) is 4.39 Å². The molecule has 0 fully saturated rings. The number of halogens is 2. The Labute approximate surface area is 127 Å².